The standard InChI is InChI=1S/C18H15FN2O3/c1-12-5-4-7-14-17(12)20-11-21(18(14)23)9-16(22)24-10-13-6-2-3-8-15(13)19/h2-8,11H,9-10H2,1H3. The fourth-order valence-corrected chi connectivity index (χ4v) is 2.41. The summed E-state index contributed by atoms with van der Waals surface area (Å²) in [4.78, 5) is 28.5. The highest BCUT2D eigenvalue weighted by Crippen LogP contribution is 2.11. The van der Waals surface area contributed by atoms with Crippen LogP contribution in [0.5, 0.6) is 0 Å². The van der Waals surface area contributed by atoms with Crippen molar-refractivity contribution in [1.82, 2.24) is 9.55 Å². The molecule has 24 heavy (non-hydrogen) atoms. The van der Waals surface area contributed by atoms with Gasteiger partial charge in [0.25, 0.3) is 5.56 Å². The maximum Gasteiger partial charge on any atom is 0.326 e. The molecule has 0 radical (unpaired) electrons. The molecule has 0 spiro atoms. The zero-order valence-electron chi connectivity index (χ0n) is 13.0. The number of ether oxygens (including phenoxy) is 1. The van der Waals surface area contributed by atoms with Gasteiger partial charge in [0.15, 0.2) is 0 Å². The van der Waals surface area contributed by atoms with Crippen molar-refractivity contribution in [2.24, 2.45) is 0 Å². The molecule has 0 bridgehead atoms. The van der Waals surface area contributed by atoms with Gasteiger partial charge in [-0.25, -0.2) is 9.37 Å². The molecule has 0 fully saturated rings. The number of carbonyl (C=O) groups excluding carboxylic acids is 1. The first-order chi connectivity index (χ1) is 11.6. The van der Waals surface area contributed by atoms with Crippen LogP contribution in [0, 0.1) is 12.7 Å². The number of aryl methyl sites for hydroxylation is 1. The van der Waals surface area contributed by atoms with Crippen LogP contribution in [0.2, 0.25) is 0 Å². The number of aromatic nitrogens is 2. The lowest BCUT2D eigenvalue weighted by Crippen LogP contribution is -2.25. The van der Waals surface area contributed by atoms with E-state index in [9.17, 15) is 14.0 Å². The van der Waals surface area contributed by atoms with E-state index in [0.29, 0.717) is 10.9 Å². The third-order valence-electron chi connectivity index (χ3n) is 3.70. The SMILES string of the molecule is Cc1cccc2c(=O)n(CC(=O)OCc3ccccc3F)cnc12. The van der Waals surface area contributed by atoms with Crippen LogP contribution in [-0.4, -0.2) is 15.5 Å². The molecule has 0 aliphatic carbocycles. The van der Waals surface area contributed by atoms with Gasteiger partial charge in [-0.15, -0.1) is 0 Å². The Labute approximate surface area is 137 Å². The minimum atomic E-state index is -0.630. The van der Waals surface area contributed by atoms with Crippen LogP contribution in [0.4, 0.5) is 4.39 Å². The molecule has 0 atom stereocenters. The zero-order chi connectivity index (χ0) is 17.1. The van der Waals surface area contributed by atoms with Crippen LogP contribution >= 0.6 is 0 Å². The molecule has 122 valence electrons. The maximum absolute atomic E-state index is 13.5. The first-order valence-electron chi connectivity index (χ1n) is 7.40. The average molecular weight is 326 g/mol. The molecule has 3 rings (SSSR count). The molecule has 1 aromatic heterocycles. The number of para-hydroxylation sites is 1. The van der Waals surface area contributed by atoms with Gasteiger partial charge in [-0.2, -0.15) is 0 Å². The van der Waals surface area contributed by atoms with Gasteiger partial charge in [-0.1, -0.05) is 30.3 Å². The molecular weight excluding hydrogens is 311 g/mol. The van der Waals surface area contributed by atoms with Crippen LogP contribution in [0.15, 0.2) is 53.6 Å². The average Bonchev–Trinajstić information content (AvgIpc) is 2.57. The highest BCUT2D eigenvalue weighted by atomic mass is 19.1. The number of esters is 1. The van der Waals surface area contributed by atoms with Crippen LogP contribution < -0.4 is 5.56 Å². The van der Waals surface area contributed by atoms with E-state index in [1.807, 2.05) is 13.0 Å². The summed E-state index contributed by atoms with van der Waals surface area (Å²) in [6.45, 7) is 1.41. The maximum atomic E-state index is 13.5. The molecule has 3 aromatic rings. The largest absolute Gasteiger partial charge is 0.459 e. The van der Waals surface area contributed by atoms with Crippen molar-refractivity contribution in [3.05, 3.63) is 76.1 Å². The summed E-state index contributed by atoms with van der Waals surface area (Å²) in [5.41, 5.74) is 1.47. The minimum absolute atomic E-state index is 0.180. The molecule has 0 amide bonds. The van der Waals surface area contributed by atoms with E-state index in [1.54, 1.807) is 24.3 Å². The van der Waals surface area contributed by atoms with E-state index in [0.717, 1.165) is 5.56 Å². The number of hydrogen-bond donors (Lipinski definition) is 0. The summed E-state index contributed by atoms with van der Waals surface area (Å²) in [7, 11) is 0. The van der Waals surface area contributed by atoms with Gasteiger partial charge in [-0.3, -0.25) is 14.2 Å². The summed E-state index contributed by atoms with van der Waals surface area (Å²) in [5, 5.41) is 0.444. The summed E-state index contributed by atoms with van der Waals surface area (Å²) >= 11 is 0. The normalized spacial score (nSPS) is 10.8. The van der Waals surface area contributed by atoms with E-state index < -0.39 is 11.8 Å². The number of benzene rings is 2. The van der Waals surface area contributed by atoms with Crippen LogP contribution in [0.25, 0.3) is 10.9 Å². The molecular formula is C18H15FN2O3. The molecule has 2 aromatic carbocycles. The highest BCUT2D eigenvalue weighted by molar-refractivity contribution is 5.80. The van der Waals surface area contributed by atoms with E-state index in [4.69, 9.17) is 4.74 Å². The fourth-order valence-electron chi connectivity index (χ4n) is 2.41. The smallest absolute Gasteiger partial charge is 0.326 e. The van der Waals surface area contributed by atoms with Crippen molar-refractivity contribution in [3.63, 3.8) is 0 Å². The van der Waals surface area contributed by atoms with Gasteiger partial charge in [0.2, 0.25) is 0 Å². The Balaban J connectivity index is 1.75. The molecule has 6 heteroatoms. The highest BCUT2D eigenvalue weighted by Gasteiger charge is 2.11. The van der Waals surface area contributed by atoms with Gasteiger partial charge >= 0.3 is 5.97 Å². The fraction of sp³-hybridized carbons (Fsp3) is 0.167. The number of halogens is 1. The van der Waals surface area contributed by atoms with Gasteiger partial charge < -0.3 is 4.74 Å². The molecule has 0 unspecified atom stereocenters. The minimum Gasteiger partial charge on any atom is -0.459 e. The lowest BCUT2D eigenvalue weighted by atomic mass is 10.1. The van der Waals surface area contributed by atoms with Crippen LogP contribution in [0.3, 0.4) is 0 Å². The van der Waals surface area contributed by atoms with Crippen molar-refractivity contribution in [3.8, 4) is 0 Å². The van der Waals surface area contributed by atoms with Crippen molar-refractivity contribution in [2.75, 3.05) is 0 Å². The summed E-state index contributed by atoms with van der Waals surface area (Å²) in [6, 6.07) is 11.3. The zero-order valence-corrected chi connectivity index (χ0v) is 13.0. The van der Waals surface area contributed by atoms with E-state index in [2.05, 4.69) is 4.98 Å². The van der Waals surface area contributed by atoms with Crippen molar-refractivity contribution in [1.29, 1.82) is 0 Å². The number of hydrogen-bond acceptors (Lipinski definition) is 4. The second-order valence-electron chi connectivity index (χ2n) is 5.40. The third kappa shape index (κ3) is 3.17. The summed E-state index contributed by atoms with van der Waals surface area (Å²) < 4.78 is 19.7. The quantitative estimate of drug-likeness (QED) is 0.692. The van der Waals surface area contributed by atoms with Gasteiger partial charge in [0.05, 0.1) is 17.2 Å². The van der Waals surface area contributed by atoms with Crippen molar-refractivity contribution < 1.29 is 13.9 Å². The third-order valence-corrected chi connectivity index (χ3v) is 3.70. The van der Waals surface area contributed by atoms with E-state index >= 15 is 0 Å². The van der Waals surface area contributed by atoms with Crippen molar-refractivity contribution in [2.45, 2.75) is 20.1 Å². The molecule has 0 aliphatic rings. The first-order valence-corrected chi connectivity index (χ1v) is 7.40. The Morgan fingerprint density at radius 2 is 2.00 bits per heavy atom. The Hall–Kier alpha value is -3.02. The number of carbonyl (C=O) groups is 1. The Morgan fingerprint density at radius 3 is 2.79 bits per heavy atom. The topological polar surface area (TPSA) is 61.2 Å². The second kappa shape index (κ2) is 6.62. The van der Waals surface area contributed by atoms with E-state index in [-0.39, 0.29) is 24.3 Å². The Kier molecular flexibility index (Phi) is 4.37. The lowest BCUT2D eigenvalue weighted by Gasteiger charge is -2.08. The molecule has 1 heterocycles. The summed E-state index contributed by atoms with van der Waals surface area (Å²) in [6.07, 6.45) is 1.32. The first kappa shape index (κ1) is 15.9. The molecule has 0 saturated heterocycles. The molecule has 0 aliphatic heterocycles. The van der Waals surface area contributed by atoms with Gasteiger partial charge in [0.1, 0.15) is 19.0 Å². The molecule has 5 nitrogen and oxygen atoms in total. The Bertz CT molecular complexity index is 966. The molecule has 0 N–H and O–H groups in total. The van der Waals surface area contributed by atoms with Crippen molar-refractivity contribution >= 4 is 16.9 Å². The van der Waals surface area contributed by atoms with Gasteiger partial charge in [0, 0.05) is 5.56 Å². The van der Waals surface area contributed by atoms with E-state index in [1.165, 1.54) is 23.0 Å². The summed E-state index contributed by atoms with van der Waals surface area (Å²) in [5.74, 6) is -1.07. The number of fused-ring (bicyclic) bond motifs is 1. The number of rotatable bonds is 4. The van der Waals surface area contributed by atoms with Crippen LogP contribution in [-0.2, 0) is 22.7 Å². The Morgan fingerprint density at radius 1 is 1.21 bits per heavy atom. The second-order valence-corrected chi connectivity index (χ2v) is 5.40. The predicted octanol–water partition coefficient (Wildman–Crippen LogP) is 2.59. The monoisotopic (exact) mass is 326 g/mol. The van der Waals surface area contributed by atoms with Crippen LogP contribution in [0.1, 0.15) is 11.1 Å². The lowest BCUT2D eigenvalue weighted by molar-refractivity contribution is -0.145. The van der Waals surface area contributed by atoms with Gasteiger partial charge in [-0.05, 0) is 24.6 Å². The molecule has 0 saturated carbocycles. The number of nitrogens with zero attached hydrogens (tertiary/aromatic N) is 2. The predicted molar refractivity (Wildman–Crippen MR) is 86.9 cm³/mol.